The Kier molecular flexibility index (Phi) is 6.66. The minimum atomic E-state index is -1.09. The molecule has 6 amide bonds. The Bertz CT molecular complexity index is 1620. The number of halogens is 1. The molecule has 0 bridgehead atoms. The Morgan fingerprint density at radius 2 is 1.80 bits per heavy atom. The van der Waals surface area contributed by atoms with Crippen LogP contribution in [0.15, 0.2) is 24.3 Å². The van der Waals surface area contributed by atoms with Gasteiger partial charge in [0.1, 0.15) is 22.3 Å². The minimum absolute atomic E-state index is 0.00358. The summed E-state index contributed by atoms with van der Waals surface area (Å²) in [4.78, 5) is 67.9. The standard InChI is InChI=1S/C26H24FN5O7S/c1-26(2,24-30-19-16(39-4)10-15(38-3)18(27)20(19)40-24)31-25(37)28-11-5-6-12-13(9-11)23(36)32(22(12)35)14-7-8-17(33)29-21(14)34/h5-6,9-10,14H,7-8H2,1-4H3,(H2,28,31,37)(H,29,33,34). The number of carbonyl (C=O) groups is 5. The van der Waals surface area contributed by atoms with E-state index in [1.165, 1.54) is 38.5 Å². The summed E-state index contributed by atoms with van der Waals surface area (Å²) in [6, 6.07) is 3.84. The molecular formula is C26H24FN5O7S. The Hall–Kier alpha value is -4.59. The molecule has 14 heteroatoms. The van der Waals surface area contributed by atoms with Gasteiger partial charge in [-0.2, -0.15) is 0 Å². The highest BCUT2D eigenvalue weighted by Crippen LogP contribution is 2.40. The molecule has 208 valence electrons. The van der Waals surface area contributed by atoms with Gasteiger partial charge < -0.3 is 20.1 Å². The van der Waals surface area contributed by atoms with Crippen LogP contribution >= 0.6 is 11.3 Å². The van der Waals surface area contributed by atoms with Crippen LogP contribution < -0.4 is 25.4 Å². The molecule has 1 saturated heterocycles. The van der Waals surface area contributed by atoms with Gasteiger partial charge in [-0.25, -0.2) is 14.2 Å². The van der Waals surface area contributed by atoms with E-state index in [0.29, 0.717) is 16.3 Å². The van der Waals surface area contributed by atoms with Crippen LogP contribution in [0.3, 0.4) is 0 Å². The Morgan fingerprint density at radius 3 is 2.48 bits per heavy atom. The van der Waals surface area contributed by atoms with Gasteiger partial charge >= 0.3 is 6.03 Å². The van der Waals surface area contributed by atoms with Crippen molar-refractivity contribution in [3.63, 3.8) is 0 Å². The molecule has 0 saturated carbocycles. The van der Waals surface area contributed by atoms with Gasteiger partial charge in [0.25, 0.3) is 11.8 Å². The van der Waals surface area contributed by atoms with Crippen LogP contribution in [0.4, 0.5) is 14.9 Å². The second kappa shape index (κ2) is 9.86. The van der Waals surface area contributed by atoms with E-state index in [0.717, 1.165) is 16.2 Å². The summed E-state index contributed by atoms with van der Waals surface area (Å²) in [5.41, 5.74) is -0.432. The fourth-order valence-electron chi connectivity index (χ4n) is 4.62. The highest BCUT2D eigenvalue weighted by atomic mass is 32.1. The fourth-order valence-corrected chi connectivity index (χ4v) is 5.69. The Morgan fingerprint density at radius 1 is 1.10 bits per heavy atom. The number of nitrogens with one attached hydrogen (secondary N) is 3. The maximum Gasteiger partial charge on any atom is 0.319 e. The first-order valence-electron chi connectivity index (χ1n) is 12.1. The van der Waals surface area contributed by atoms with Gasteiger partial charge in [-0.1, -0.05) is 0 Å². The molecule has 1 atom stereocenters. The normalized spacial score (nSPS) is 17.1. The number of methoxy groups -OCH3 is 2. The van der Waals surface area contributed by atoms with Crippen LogP contribution in [0.5, 0.6) is 11.5 Å². The molecule has 40 heavy (non-hydrogen) atoms. The average molecular weight is 570 g/mol. The third-order valence-corrected chi connectivity index (χ3v) is 8.01. The van der Waals surface area contributed by atoms with E-state index in [1.807, 2.05) is 0 Å². The molecule has 1 unspecified atom stereocenters. The first kappa shape index (κ1) is 27.0. The quantitative estimate of drug-likeness (QED) is 0.383. The highest BCUT2D eigenvalue weighted by molar-refractivity contribution is 7.18. The molecule has 3 heterocycles. The number of rotatable bonds is 6. The van der Waals surface area contributed by atoms with E-state index in [2.05, 4.69) is 20.9 Å². The Balaban J connectivity index is 1.34. The van der Waals surface area contributed by atoms with Crippen molar-refractivity contribution in [2.24, 2.45) is 0 Å². The molecule has 12 nitrogen and oxygen atoms in total. The van der Waals surface area contributed by atoms with Crippen LogP contribution in [0.2, 0.25) is 0 Å². The number of urea groups is 1. The number of aromatic nitrogens is 1. The Labute approximate surface area is 230 Å². The number of thiazole rings is 1. The van der Waals surface area contributed by atoms with E-state index in [1.54, 1.807) is 13.8 Å². The zero-order valence-electron chi connectivity index (χ0n) is 21.8. The summed E-state index contributed by atoms with van der Waals surface area (Å²) in [6.07, 6.45) is 0.0429. The first-order valence-corrected chi connectivity index (χ1v) is 12.9. The monoisotopic (exact) mass is 569 g/mol. The number of nitrogens with zero attached hydrogens (tertiary/aromatic N) is 2. The number of benzene rings is 2. The smallest absolute Gasteiger partial charge is 0.319 e. The van der Waals surface area contributed by atoms with Crippen LogP contribution in [-0.4, -0.2) is 59.8 Å². The number of piperidine rings is 1. The lowest BCUT2D eigenvalue weighted by Gasteiger charge is -2.27. The molecule has 0 radical (unpaired) electrons. The first-order chi connectivity index (χ1) is 18.9. The maximum absolute atomic E-state index is 14.9. The molecule has 2 aliphatic rings. The van der Waals surface area contributed by atoms with Crippen molar-refractivity contribution in [3.8, 4) is 11.5 Å². The number of anilines is 1. The fraction of sp³-hybridized carbons (Fsp3) is 0.308. The number of hydrogen-bond acceptors (Lipinski definition) is 9. The van der Waals surface area contributed by atoms with Crippen molar-refractivity contribution in [2.45, 2.75) is 38.3 Å². The second-order valence-electron chi connectivity index (χ2n) is 9.70. The SMILES string of the molecule is COc1cc(OC)c2nc(C(C)(C)NC(=O)Nc3ccc4c(c3)C(=O)N(C3CCC(=O)NC3=O)C4=O)sc2c1F. The third-order valence-electron chi connectivity index (χ3n) is 6.64. The second-order valence-corrected chi connectivity index (χ2v) is 10.7. The van der Waals surface area contributed by atoms with Crippen LogP contribution in [0.1, 0.15) is 52.4 Å². The number of amides is 6. The van der Waals surface area contributed by atoms with E-state index in [-0.39, 0.29) is 40.1 Å². The third kappa shape index (κ3) is 4.49. The van der Waals surface area contributed by atoms with Gasteiger partial charge in [-0.3, -0.25) is 29.4 Å². The lowest BCUT2D eigenvalue weighted by atomic mass is 10.0. The lowest BCUT2D eigenvalue weighted by molar-refractivity contribution is -0.136. The van der Waals surface area contributed by atoms with E-state index < -0.39 is 47.1 Å². The maximum atomic E-state index is 14.9. The van der Waals surface area contributed by atoms with Crippen molar-refractivity contribution < 1.29 is 37.8 Å². The number of hydrogen-bond donors (Lipinski definition) is 3. The molecule has 1 fully saturated rings. The number of imide groups is 2. The van der Waals surface area contributed by atoms with Crippen LogP contribution in [-0.2, 0) is 15.1 Å². The summed E-state index contributed by atoms with van der Waals surface area (Å²) in [6.45, 7) is 3.38. The number of ether oxygens (including phenoxy) is 2. The van der Waals surface area contributed by atoms with E-state index >= 15 is 0 Å². The van der Waals surface area contributed by atoms with Crippen molar-refractivity contribution in [3.05, 3.63) is 46.2 Å². The molecule has 3 N–H and O–H groups in total. The van der Waals surface area contributed by atoms with Gasteiger partial charge in [0.2, 0.25) is 11.8 Å². The average Bonchev–Trinajstić information content (AvgIpc) is 3.46. The molecular weight excluding hydrogens is 545 g/mol. The molecule has 3 aromatic rings. The van der Waals surface area contributed by atoms with E-state index in [9.17, 15) is 28.4 Å². The molecule has 1 aromatic heterocycles. The van der Waals surface area contributed by atoms with Gasteiger partial charge in [-0.15, -0.1) is 11.3 Å². The summed E-state index contributed by atoms with van der Waals surface area (Å²) in [7, 11) is 2.78. The van der Waals surface area contributed by atoms with E-state index in [4.69, 9.17) is 9.47 Å². The van der Waals surface area contributed by atoms with Crippen LogP contribution in [0.25, 0.3) is 10.2 Å². The zero-order chi connectivity index (χ0) is 28.9. The minimum Gasteiger partial charge on any atom is -0.494 e. The molecule has 5 rings (SSSR count). The van der Waals surface area contributed by atoms with Gasteiger partial charge in [0.15, 0.2) is 11.6 Å². The van der Waals surface area contributed by atoms with Gasteiger partial charge in [0.05, 0.1) is 35.6 Å². The summed E-state index contributed by atoms with van der Waals surface area (Å²) >= 11 is 1.04. The predicted octanol–water partition coefficient (Wildman–Crippen LogP) is 2.91. The van der Waals surface area contributed by atoms with Crippen LogP contribution in [0, 0.1) is 5.82 Å². The molecule has 0 spiro atoms. The van der Waals surface area contributed by atoms with Crippen molar-refractivity contribution in [2.75, 3.05) is 19.5 Å². The summed E-state index contributed by atoms with van der Waals surface area (Å²) in [5.74, 6) is -2.79. The summed E-state index contributed by atoms with van der Waals surface area (Å²) < 4.78 is 25.5. The zero-order valence-corrected chi connectivity index (χ0v) is 22.7. The van der Waals surface area contributed by atoms with Crippen molar-refractivity contribution in [1.29, 1.82) is 0 Å². The highest BCUT2D eigenvalue weighted by Gasteiger charge is 2.44. The molecule has 2 aliphatic heterocycles. The topological polar surface area (TPSA) is 156 Å². The van der Waals surface area contributed by atoms with Gasteiger partial charge in [-0.05, 0) is 38.5 Å². The largest absolute Gasteiger partial charge is 0.494 e. The van der Waals surface area contributed by atoms with Gasteiger partial charge in [0, 0.05) is 18.2 Å². The number of fused-ring (bicyclic) bond motifs is 2. The lowest BCUT2D eigenvalue weighted by Crippen LogP contribution is -2.54. The molecule has 0 aliphatic carbocycles. The predicted molar refractivity (Wildman–Crippen MR) is 141 cm³/mol. The number of carbonyl (C=O) groups excluding carboxylic acids is 5. The van der Waals surface area contributed by atoms with Crippen molar-refractivity contribution >= 4 is 56.9 Å². The molecule has 2 aromatic carbocycles. The summed E-state index contributed by atoms with van der Waals surface area (Å²) in [5, 5.41) is 7.96. The van der Waals surface area contributed by atoms with Crippen molar-refractivity contribution in [1.82, 2.24) is 20.5 Å².